The Labute approximate surface area is 61.6 Å². The van der Waals surface area contributed by atoms with Gasteiger partial charge in [0, 0.05) is 12.8 Å². The lowest BCUT2D eigenvalue weighted by atomic mass is 10.1. The molecule has 0 rings (SSSR count). The van der Waals surface area contributed by atoms with Crippen LogP contribution in [0.1, 0.15) is 39.5 Å². The van der Waals surface area contributed by atoms with Crippen LogP contribution in [0.4, 0.5) is 8.78 Å². The number of halogens is 2. The van der Waals surface area contributed by atoms with Crippen molar-refractivity contribution in [3.8, 4) is 0 Å². The minimum atomic E-state index is -2.52. The molecule has 0 aliphatic carbocycles. The van der Waals surface area contributed by atoms with Crippen LogP contribution in [0.3, 0.4) is 0 Å². The zero-order valence-electron chi connectivity index (χ0n) is 6.66. The second kappa shape index (κ2) is 4.64. The average molecular weight is 149 g/mol. The number of alkyl halides is 2. The maximum atomic E-state index is 12.6. The van der Waals surface area contributed by atoms with Crippen LogP contribution in [-0.4, -0.2) is 5.92 Å². The van der Waals surface area contributed by atoms with Crippen LogP contribution in [0.2, 0.25) is 0 Å². The van der Waals surface area contributed by atoms with Gasteiger partial charge >= 0.3 is 0 Å². The van der Waals surface area contributed by atoms with E-state index >= 15 is 0 Å². The Hall–Kier alpha value is -0.140. The van der Waals surface area contributed by atoms with Crippen LogP contribution in [0, 0.1) is 6.42 Å². The Morgan fingerprint density at radius 2 is 1.80 bits per heavy atom. The summed E-state index contributed by atoms with van der Waals surface area (Å²) >= 11 is 0. The molecule has 10 heavy (non-hydrogen) atoms. The van der Waals surface area contributed by atoms with E-state index in [2.05, 4.69) is 0 Å². The Bertz CT molecular complexity index is 79.3. The highest BCUT2D eigenvalue weighted by atomic mass is 19.3. The van der Waals surface area contributed by atoms with Gasteiger partial charge in [-0.05, 0) is 6.42 Å². The molecule has 0 amide bonds. The van der Waals surface area contributed by atoms with Gasteiger partial charge in [-0.1, -0.05) is 26.7 Å². The summed E-state index contributed by atoms with van der Waals surface area (Å²) in [6.45, 7) is 3.67. The Morgan fingerprint density at radius 1 is 1.20 bits per heavy atom. The normalized spacial score (nSPS) is 12.0. The molecular weight excluding hydrogens is 134 g/mol. The first kappa shape index (κ1) is 9.86. The molecule has 0 aromatic carbocycles. The van der Waals surface area contributed by atoms with E-state index in [1.54, 1.807) is 6.92 Å². The van der Waals surface area contributed by atoms with Crippen molar-refractivity contribution >= 4 is 0 Å². The molecular formula is C8H15F2. The van der Waals surface area contributed by atoms with Crippen molar-refractivity contribution in [3.05, 3.63) is 6.42 Å². The highest BCUT2D eigenvalue weighted by Gasteiger charge is 2.26. The number of unbranched alkanes of at least 4 members (excludes halogenated alkanes) is 1. The minimum Gasteiger partial charge on any atom is -0.207 e. The quantitative estimate of drug-likeness (QED) is 0.561. The fraction of sp³-hybridized carbons (Fsp3) is 0.875. The number of rotatable bonds is 5. The Balaban J connectivity index is 3.42. The van der Waals surface area contributed by atoms with Gasteiger partial charge in [0.05, 0.1) is 0 Å². The van der Waals surface area contributed by atoms with Crippen molar-refractivity contribution in [2.45, 2.75) is 45.5 Å². The summed E-state index contributed by atoms with van der Waals surface area (Å²) in [4.78, 5) is 0. The molecule has 0 aliphatic heterocycles. The highest BCUT2D eigenvalue weighted by molar-refractivity contribution is 4.82. The maximum Gasteiger partial charge on any atom is 0.251 e. The monoisotopic (exact) mass is 149 g/mol. The van der Waals surface area contributed by atoms with Gasteiger partial charge in [0.1, 0.15) is 0 Å². The third kappa shape index (κ3) is 4.71. The third-order valence-corrected chi connectivity index (χ3v) is 1.31. The van der Waals surface area contributed by atoms with E-state index in [1.807, 2.05) is 6.92 Å². The standard InChI is InChI=1S/C8H15F2/c1-3-5-7-8(9,10)6-4-2/h7H,3-6H2,1-2H3. The zero-order valence-corrected chi connectivity index (χ0v) is 6.66. The fourth-order valence-electron chi connectivity index (χ4n) is 0.791. The predicted molar refractivity (Wildman–Crippen MR) is 39.1 cm³/mol. The molecule has 0 nitrogen and oxygen atoms in total. The molecule has 0 unspecified atom stereocenters. The zero-order chi connectivity index (χ0) is 8.04. The molecule has 61 valence electrons. The largest absolute Gasteiger partial charge is 0.251 e. The lowest BCUT2D eigenvalue weighted by Gasteiger charge is -2.13. The summed E-state index contributed by atoms with van der Waals surface area (Å²) < 4.78 is 25.1. The second-order valence-corrected chi connectivity index (χ2v) is 2.50. The van der Waals surface area contributed by atoms with Crippen LogP contribution >= 0.6 is 0 Å². The molecule has 0 aromatic heterocycles. The van der Waals surface area contributed by atoms with Crippen LogP contribution in [0.25, 0.3) is 0 Å². The van der Waals surface area contributed by atoms with Gasteiger partial charge in [-0.3, -0.25) is 0 Å². The van der Waals surface area contributed by atoms with E-state index in [-0.39, 0.29) is 6.42 Å². The molecule has 1 radical (unpaired) electrons. The molecule has 0 N–H and O–H groups in total. The summed E-state index contributed by atoms with van der Waals surface area (Å²) in [5.41, 5.74) is 0. The molecule has 0 spiro atoms. The fourth-order valence-corrected chi connectivity index (χ4v) is 0.791. The van der Waals surface area contributed by atoms with Gasteiger partial charge in [0.25, 0.3) is 5.92 Å². The number of hydrogen-bond acceptors (Lipinski definition) is 0. The smallest absolute Gasteiger partial charge is 0.207 e. The van der Waals surface area contributed by atoms with Gasteiger partial charge < -0.3 is 0 Å². The minimum absolute atomic E-state index is 0.00694. The Kier molecular flexibility index (Phi) is 4.58. The van der Waals surface area contributed by atoms with Gasteiger partial charge in [-0.2, -0.15) is 0 Å². The summed E-state index contributed by atoms with van der Waals surface area (Å²) in [6, 6.07) is 0. The van der Waals surface area contributed by atoms with Crippen molar-refractivity contribution in [3.63, 3.8) is 0 Å². The lowest BCUT2D eigenvalue weighted by Crippen LogP contribution is -2.15. The van der Waals surface area contributed by atoms with E-state index < -0.39 is 5.92 Å². The first-order chi connectivity index (χ1) is 4.62. The van der Waals surface area contributed by atoms with Crippen molar-refractivity contribution in [1.29, 1.82) is 0 Å². The SMILES string of the molecule is CCC[CH]C(F)(F)CCC. The Morgan fingerprint density at radius 3 is 2.20 bits per heavy atom. The van der Waals surface area contributed by atoms with E-state index in [0.29, 0.717) is 12.8 Å². The molecule has 0 fully saturated rings. The summed E-state index contributed by atoms with van der Waals surface area (Å²) in [7, 11) is 0. The molecule has 0 heterocycles. The van der Waals surface area contributed by atoms with E-state index in [1.165, 1.54) is 0 Å². The van der Waals surface area contributed by atoms with Crippen LogP contribution in [-0.2, 0) is 0 Å². The molecule has 2 heteroatoms. The van der Waals surface area contributed by atoms with Crippen molar-refractivity contribution in [2.24, 2.45) is 0 Å². The molecule has 0 atom stereocenters. The molecule has 0 saturated carbocycles. The van der Waals surface area contributed by atoms with Crippen LogP contribution in [0.15, 0.2) is 0 Å². The van der Waals surface area contributed by atoms with Gasteiger partial charge in [-0.15, -0.1) is 0 Å². The third-order valence-electron chi connectivity index (χ3n) is 1.31. The maximum absolute atomic E-state index is 12.6. The number of hydrogen-bond donors (Lipinski definition) is 0. The first-order valence-corrected chi connectivity index (χ1v) is 3.84. The van der Waals surface area contributed by atoms with Crippen molar-refractivity contribution in [1.82, 2.24) is 0 Å². The first-order valence-electron chi connectivity index (χ1n) is 3.84. The topological polar surface area (TPSA) is 0 Å². The summed E-state index contributed by atoms with van der Waals surface area (Å²) in [5, 5.41) is 0. The molecule has 0 saturated heterocycles. The second-order valence-electron chi connectivity index (χ2n) is 2.50. The summed E-state index contributed by atoms with van der Waals surface area (Å²) in [5.74, 6) is -2.52. The van der Waals surface area contributed by atoms with E-state index in [0.717, 1.165) is 12.8 Å². The average Bonchev–Trinajstić information content (AvgIpc) is 1.84. The lowest BCUT2D eigenvalue weighted by molar-refractivity contribution is 0.0234. The van der Waals surface area contributed by atoms with Crippen molar-refractivity contribution in [2.75, 3.05) is 0 Å². The highest BCUT2D eigenvalue weighted by Crippen LogP contribution is 2.25. The van der Waals surface area contributed by atoms with Gasteiger partial charge in [0.15, 0.2) is 0 Å². The predicted octanol–water partition coefficient (Wildman–Crippen LogP) is 3.43. The van der Waals surface area contributed by atoms with Crippen LogP contribution < -0.4 is 0 Å². The van der Waals surface area contributed by atoms with E-state index in [9.17, 15) is 8.78 Å². The molecule has 0 aromatic rings. The van der Waals surface area contributed by atoms with Gasteiger partial charge in [-0.25, -0.2) is 8.78 Å². The molecule has 0 aliphatic rings. The van der Waals surface area contributed by atoms with Gasteiger partial charge in [0.2, 0.25) is 0 Å². The molecule has 0 bridgehead atoms. The van der Waals surface area contributed by atoms with E-state index in [4.69, 9.17) is 0 Å². The summed E-state index contributed by atoms with van der Waals surface area (Å²) in [6.07, 6.45) is 2.99. The van der Waals surface area contributed by atoms with Crippen molar-refractivity contribution < 1.29 is 8.78 Å². The van der Waals surface area contributed by atoms with Crippen LogP contribution in [0.5, 0.6) is 0 Å².